The van der Waals surface area contributed by atoms with Crippen molar-refractivity contribution < 1.29 is 18.0 Å². The molecule has 4 nitrogen and oxygen atoms in total. The molecule has 1 aromatic rings. The Morgan fingerprint density at radius 3 is 2.52 bits per heavy atom. The normalized spacial score (nSPS) is 11.3. The number of rotatable bonds is 6. The predicted octanol–water partition coefficient (Wildman–Crippen LogP) is 3.30. The van der Waals surface area contributed by atoms with Crippen LogP contribution in [0.3, 0.4) is 0 Å². The van der Waals surface area contributed by atoms with Gasteiger partial charge in [-0.1, -0.05) is 25.5 Å². The molecule has 0 heterocycles. The summed E-state index contributed by atoms with van der Waals surface area (Å²) in [5, 5.41) is 2.32. The minimum Gasteiger partial charge on any atom is -0.329 e. The van der Waals surface area contributed by atoms with Gasteiger partial charge in [0.2, 0.25) is 0 Å². The van der Waals surface area contributed by atoms with Gasteiger partial charge in [0, 0.05) is 19.6 Å². The van der Waals surface area contributed by atoms with Crippen LogP contribution in [0.4, 0.5) is 23.7 Å². The van der Waals surface area contributed by atoms with E-state index in [1.807, 2.05) is 6.92 Å². The Morgan fingerprint density at radius 1 is 1.29 bits per heavy atom. The van der Waals surface area contributed by atoms with Crippen LogP contribution in [0.15, 0.2) is 24.3 Å². The first-order valence-corrected chi connectivity index (χ1v) is 6.82. The lowest BCUT2D eigenvalue weighted by atomic mass is 10.1. The van der Waals surface area contributed by atoms with Gasteiger partial charge < -0.3 is 16.0 Å². The molecule has 0 unspecified atom stereocenters. The van der Waals surface area contributed by atoms with E-state index in [-0.39, 0.29) is 12.2 Å². The van der Waals surface area contributed by atoms with Crippen LogP contribution in [0, 0.1) is 0 Å². The van der Waals surface area contributed by atoms with Crippen molar-refractivity contribution in [2.24, 2.45) is 5.73 Å². The number of benzene rings is 1. The highest BCUT2D eigenvalue weighted by Crippen LogP contribution is 2.34. The lowest BCUT2D eigenvalue weighted by molar-refractivity contribution is -0.136. The number of hydrogen-bond acceptors (Lipinski definition) is 2. The first kappa shape index (κ1) is 17.3. The Kier molecular flexibility index (Phi) is 6.48. The average molecular weight is 303 g/mol. The zero-order valence-corrected chi connectivity index (χ0v) is 11.9. The summed E-state index contributed by atoms with van der Waals surface area (Å²) < 4.78 is 38.6. The summed E-state index contributed by atoms with van der Waals surface area (Å²) in [7, 11) is 0. The number of amides is 2. The van der Waals surface area contributed by atoms with E-state index < -0.39 is 17.8 Å². The van der Waals surface area contributed by atoms with Crippen LogP contribution in [-0.4, -0.2) is 30.6 Å². The number of halogens is 3. The summed E-state index contributed by atoms with van der Waals surface area (Å²) in [6.45, 7) is 3.00. The number of anilines is 1. The molecule has 0 saturated carbocycles. The maximum atomic E-state index is 12.9. The fourth-order valence-electron chi connectivity index (χ4n) is 1.85. The van der Waals surface area contributed by atoms with Gasteiger partial charge in [0.15, 0.2) is 0 Å². The third kappa shape index (κ3) is 5.26. The van der Waals surface area contributed by atoms with E-state index in [1.54, 1.807) is 0 Å². The van der Waals surface area contributed by atoms with Crippen LogP contribution in [-0.2, 0) is 6.18 Å². The molecule has 0 aliphatic carbocycles. The summed E-state index contributed by atoms with van der Waals surface area (Å²) in [6, 6.07) is 4.35. The van der Waals surface area contributed by atoms with Crippen LogP contribution in [0.25, 0.3) is 0 Å². The van der Waals surface area contributed by atoms with Crippen LogP contribution < -0.4 is 11.1 Å². The number of urea groups is 1. The first-order valence-electron chi connectivity index (χ1n) is 6.82. The van der Waals surface area contributed by atoms with Crippen molar-refractivity contribution in [1.29, 1.82) is 0 Å². The number of nitrogens with zero attached hydrogens (tertiary/aromatic N) is 1. The minimum atomic E-state index is -4.51. The lowest BCUT2D eigenvalue weighted by Crippen LogP contribution is -2.39. The average Bonchev–Trinajstić information content (AvgIpc) is 2.42. The van der Waals surface area contributed by atoms with E-state index in [0.717, 1.165) is 18.9 Å². The first-order chi connectivity index (χ1) is 9.90. The molecule has 3 N–H and O–H groups in total. The Balaban J connectivity index is 2.86. The number of hydrogen-bond donors (Lipinski definition) is 2. The largest absolute Gasteiger partial charge is 0.418 e. The maximum absolute atomic E-state index is 12.9. The molecule has 118 valence electrons. The molecular weight excluding hydrogens is 283 g/mol. The number of para-hydroxylation sites is 1. The van der Waals surface area contributed by atoms with Gasteiger partial charge in [-0.25, -0.2) is 4.79 Å². The lowest BCUT2D eigenvalue weighted by Gasteiger charge is -2.23. The molecule has 0 bridgehead atoms. The van der Waals surface area contributed by atoms with Gasteiger partial charge in [0.1, 0.15) is 0 Å². The van der Waals surface area contributed by atoms with Crippen LogP contribution in [0.1, 0.15) is 25.3 Å². The monoisotopic (exact) mass is 303 g/mol. The number of carbonyl (C=O) groups excluding carboxylic acids is 1. The Labute approximate surface area is 122 Å². The highest BCUT2D eigenvalue weighted by atomic mass is 19.4. The smallest absolute Gasteiger partial charge is 0.329 e. The van der Waals surface area contributed by atoms with Gasteiger partial charge in [-0.3, -0.25) is 0 Å². The Morgan fingerprint density at radius 2 is 1.95 bits per heavy atom. The highest BCUT2D eigenvalue weighted by Gasteiger charge is 2.33. The summed E-state index contributed by atoms with van der Waals surface area (Å²) in [6.07, 6.45) is -2.85. The molecule has 0 aromatic heterocycles. The SMILES string of the molecule is CCCCN(CCN)C(=O)Nc1ccccc1C(F)(F)F. The molecule has 7 heteroatoms. The number of carbonyl (C=O) groups is 1. The minimum absolute atomic E-state index is 0.242. The Hall–Kier alpha value is -1.76. The molecule has 21 heavy (non-hydrogen) atoms. The summed E-state index contributed by atoms with van der Waals surface area (Å²) in [5.41, 5.74) is 4.33. The second-order valence-corrected chi connectivity index (χ2v) is 4.60. The summed E-state index contributed by atoms with van der Waals surface area (Å²) in [4.78, 5) is 13.5. The predicted molar refractivity (Wildman–Crippen MR) is 76.0 cm³/mol. The number of nitrogens with one attached hydrogen (secondary N) is 1. The van der Waals surface area contributed by atoms with Crippen molar-refractivity contribution in [3.8, 4) is 0 Å². The van der Waals surface area contributed by atoms with Gasteiger partial charge in [-0.2, -0.15) is 13.2 Å². The second-order valence-electron chi connectivity index (χ2n) is 4.60. The summed E-state index contributed by atoms with van der Waals surface area (Å²) in [5.74, 6) is 0. The molecule has 0 saturated heterocycles. The number of unbranched alkanes of at least 4 members (excludes halogenated alkanes) is 1. The van der Waals surface area contributed by atoms with E-state index in [9.17, 15) is 18.0 Å². The van der Waals surface area contributed by atoms with Gasteiger partial charge in [-0.15, -0.1) is 0 Å². The molecule has 0 atom stereocenters. The maximum Gasteiger partial charge on any atom is 0.418 e. The van der Waals surface area contributed by atoms with Gasteiger partial charge >= 0.3 is 12.2 Å². The zero-order valence-electron chi connectivity index (χ0n) is 11.9. The van der Waals surface area contributed by atoms with E-state index in [4.69, 9.17) is 5.73 Å². The standard InChI is InChI=1S/C14H20F3N3O/c1-2-3-9-20(10-8-18)13(21)19-12-7-5-4-6-11(12)14(15,16)17/h4-7H,2-3,8-10,18H2,1H3,(H,19,21). The van der Waals surface area contributed by atoms with E-state index >= 15 is 0 Å². The fraction of sp³-hybridized carbons (Fsp3) is 0.500. The highest BCUT2D eigenvalue weighted by molar-refractivity contribution is 5.90. The third-order valence-corrected chi connectivity index (χ3v) is 2.94. The molecule has 0 fully saturated rings. The molecule has 0 aliphatic heterocycles. The number of nitrogens with two attached hydrogens (primary N) is 1. The van der Waals surface area contributed by atoms with E-state index in [2.05, 4.69) is 5.32 Å². The van der Waals surface area contributed by atoms with Gasteiger partial charge in [0.25, 0.3) is 0 Å². The van der Waals surface area contributed by atoms with Crippen molar-refractivity contribution >= 4 is 11.7 Å². The van der Waals surface area contributed by atoms with Crippen molar-refractivity contribution in [3.63, 3.8) is 0 Å². The Bertz CT molecular complexity index is 463. The molecule has 1 aromatic carbocycles. The molecule has 0 radical (unpaired) electrons. The van der Waals surface area contributed by atoms with Gasteiger partial charge in [-0.05, 0) is 18.6 Å². The van der Waals surface area contributed by atoms with E-state index in [1.165, 1.54) is 23.1 Å². The molecule has 0 spiro atoms. The summed E-state index contributed by atoms with van der Waals surface area (Å²) >= 11 is 0. The molecule has 1 rings (SSSR count). The quantitative estimate of drug-likeness (QED) is 0.847. The topological polar surface area (TPSA) is 58.4 Å². The molecular formula is C14H20F3N3O. The van der Waals surface area contributed by atoms with Crippen LogP contribution in [0.2, 0.25) is 0 Å². The van der Waals surface area contributed by atoms with Gasteiger partial charge in [0.05, 0.1) is 11.3 Å². The molecule has 0 aliphatic rings. The number of alkyl halides is 3. The van der Waals surface area contributed by atoms with Crippen molar-refractivity contribution in [2.45, 2.75) is 25.9 Å². The second kappa shape index (κ2) is 7.87. The zero-order chi connectivity index (χ0) is 15.9. The van der Waals surface area contributed by atoms with Crippen molar-refractivity contribution in [2.75, 3.05) is 25.0 Å². The van der Waals surface area contributed by atoms with Crippen LogP contribution in [0.5, 0.6) is 0 Å². The van der Waals surface area contributed by atoms with Crippen molar-refractivity contribution in [1.82, 2.24) is 4.90 Å². The third-order valence-electron chi connectivity index (χ3n) is 2.94. The molecule has 2 amide bonds. The van der Waals surface area contributed by atoms with E-state index in [0.29, 0.717) is 13.1 Å². The van der Waals surface area contributed by atoms with Crippen LogP contribution >= 0.6 is 0 Å². The van der Waals surface area contributed by atoms with Crippen molar-refractivity contribution in [3.05, 3.63) is 29.8 Å². The fourth-order valence-corrected chi connectivity index (χ4v) is 1.85.